The fraction of sp³-hybridized carbons (Fsp3) is 0.100. The topological polar surface area (TPSA) is 81.3 Å². The fourth-order valence-corrected chi connectivity index (χ4v) is 3.83. The van der Waals surface area contributed by atoms with E-state index >= 15 is 0 Å². The van der Waals surface area contributed by atoms with Crippen LogP contribution in [0.5, 0.6) is 0 Å². The second kappa shape index (κ2) is 8.29. The zero-order chi connectivity index (χ0) is 21.3. The number of benzene rings is 2. The number of carbonyl (C=O) groups is 1. The van der Waals surface area contributed by atoms with Crippen molar-refractivity contribution >= 4 is 40.6 Å². The van der Waals surface area contributed by atoms with Crippen LogP contribution in [0.15, 0.2) is 64.8 Å². The standard InChI is InChI=1S/C20H15ClFN5O2S/c1-12-5-6-16(15(21)9-12)23-17(28)11-30-20-25-24-18-19(29)26(7-8-27(18)20)14-4-2-3-13(22)10-14/h2-10H,11H2,1H3,(H,23,28). The van der Waals surface area contributed by atoms with Crippen LogP contribution in [0, 0.1) is 12.7 Å². The van der Waals surface area contributed by atoms with Crippen molar-refractivity contribution in [2.45, 2.75) is 12.1 Å². The van der Waals surface area contributed by atoms with Gasteiger partial charge < -0.3 is 5.32 Å². The van der Waals surface area contributed by atoms with E-state index in [0.717, 1.165) is 17.3 Å². The van der Waals surface area contributed by atoms with Crippen molar-refractivity contribution in [2.24, 2.45) is 0 Å². The first kappa shape index (κ1) is 20.1. The molecule has 4 rings (SSSR count). The van der Waals surface area contributed by atoms with Crippen molar-refractivity contribution in [1.82, 2.24) is 19.2 Å². The molecule has 1 amide bonds. The van der Waals surface area contributed by atoms with E-state index in [1.165, 1.54) is 33.4 Å². The zero-order valence-electron chi connectivity index (χ0n) is 15.7. The first-order valence-corrected chi connectivity index (χ1v) is 10.2. The maximum absolute atomic E-state index is 13.5. The highest BCUT2D eigenvalue weighted by Gasteiger charge is 2.14. The summed E-state index contributed by atoms with van der Waals surface area (Å²) in [7, 11) is 0. The largest absolute Gasteiger partial charge is 0.324 e. The average molecular weight is 444 g/mol. The van der Waals surface area contributed by atoms with Crippen molar-refractivity contribution in [3.63, 3.8) is 0 Å². The van der Waals surface area contributed by atoms with Crippen molar-refractivity contribution in [1.29, 1.82) is 0 Å². The molecule has 0 aliphatic heterocycles. The number of aromatic nitrogens is 4. The summed E-state index contributed by atoms with van der Waals surface area (Å²) in [5.41, 5.74) is 1.53. The van der Waals surface area contributed by atoms with E-state index in [-0.39, 0.29) is 17.3 Å². The highest BCUT2D eigenvalue weighted by Crippen LogP contribution is 2.23. The van der Waals surface area contributed by atoms with Gasteiger partial charge in [0.15, 0.2) is 5.16 Å². The number of hydrogen-bond acceptors (Lipinski definition) is 5. The number of hydrogen-bond donors (Lipinski definition) is 1. The summed E-state index contributed by atoms with van der Waals surface area (Å²) >= 11 is 7.27. The van der Waals surface area contributed by atoms with Crippen LogP contribution in [0.2, 0.25) is 5.02 Å². The van der Waals surface area contributed by atoms with E-state index in [9.17, 15) is 14.0 Å². The molecule has 152 valence electrons. The molecule has 10 heteroatoms. The minimum absolute atomic E-state index is 0.0536. The minimum Gasteiger partial charge on any atom is -0.324 e. The molecular weight excluding hydrogens is 429 g/mol. The Morgan fingerprint density at radius 1 is 1.20 bits per heavy atom. The van der Waals surface area contributed by atoms with E-state index < -0.39 is 11.4 Å². The third-order valence-electron chi connectivity index (χ3n) is 4.26. The Morgan fingerprint density at radius 3 is 2.80 bits per heavy atom. The summed E-state index contributed by atoms with van der Waals surface area (Å²) in [5.74, 6) is -0.662. The predicted molar refractivity (Wildman–Crippen MR) is 114 cm³/mol. The van der Waals surface area contributed by atoms with Gasteiger partial charge in [0.25, 0.3) is 0 Å². The number of aryl methyl sites for hydroxylation is 1. The Labute approximate surface area is 179 Å². The second-order valence-corrected chi connectivity index (χ2v) is 7.80. The molecule has 7 nitrogen and oxygen atoms in total. The highest BCUT2D eigenvalue weighted by atomic mass is 35.5. The SMILES string of the molecule is Cc1ccc(NC(=O)CSc2nnc3c(=O)n(-c4cccc(F)c4)ccn23)c(Cl)c1. The molecule has 0 aliphatic carbocycles. The molecule has 2 heterocycles. The minimum atomic E-state index is -0.448. The number of anilines is 1. The van der Waals surface area contributed by atoms with Crippen LogP contribution in [0.1, 0.15) is 5.56 Å². The van der Waals surface area contributed by atoms with Crippen LogP contribution in [-0.4, -0.2) is 30.8 Å². The van der Waals surface area contributed by atoms with Gasteiger partial charge in [-0.2, -0.15) is 0 Å². The quantitative estimate of drug-likeness (QED) is 0.475. The Hall–Kier alpha value is -3.17. The second-order valence-electron chi connectivity index (χ2n) is 6.45. The maximum Gasteiger partial charge on any atom is 0.300 e. The number of amides is 1. The first-order chi connectivity index (χ1) is 14.4. The molecule has 2 aromatic heterocycles. The summed E-state index contributed by atoms with van der Waals surface area (Å²) in [5, 5.41) is 11.5. The van der Waals surface area contributed by atoms with Gasteiger partial charge in [-0.3, -0.25) is 18.6 Å². The van der Waals surface area contributed by atoms with Crippen LogP contribution < -0.4 is 10.9 Å². The number of halogens is 2. The molecule has 0 saturated heterocycles. The Balaban J connectivity index is 1.52. The molecule has 0 aliphatic rings. The number of rotatable bonds is 5. The summed E-state index contributed by atoms with van der Waals surface area (Å²) in [6.07, 6.45) is 3.10. The average Bonchev–Trinajstić information content (AvgIpc) is 3.13. The number of carbonyl (C=O) groups excluding carboxylic acids is 1. The highest BCUT2D eigenvalue weighted by molar-refractivity contribution is 7.99. The van der Waals surface area contributed by atoms with Crippen LogP contribution in [0.25, 0.3) is 11.3 Å². The van der Waals surface area contributed by atoms with Crippen LogP contribution >= 0.6 is 23.4 Å². The molecule has 0 spiro atoms. The number of nitrogens with one attached hydrogen (secondary N) is 1. The van der Waals surface area contributed by atoms with Crippen LogP contribution in [0.4, 0.5) is 10.1 Å². The van der Waals surface area contributed by atoms with Gasteiger partial charge in [-0.05, 0) is 42.8 Å². The lowest BCUT2D eigenvalue weighted by molar-refractivity contribution is -0.113. The molecular formula is C20H15ClFN5O2S. The lowest BCUT2D eigenvalue weighted by Crippen LogP contribution is -2.20. The molecule has 0 atom stereocenters. The molecule has 0 saturated carbocycles. The van der Waals surface area contributed by atoms with Gasteiger partial charge >= 0.3 is 5.56 Å². The third kappa shape index (κ3) is 4.07. The molecule has 0 bridgehead atoms. The number of nitrogens with zero attached hydrogens (tertiary/aromatic N) is 4. The van der Waals surface area contributed by atoms with Crippen molar-refractivity contribution in [3.8, 4) is 5.69 Å². The van der Waals surface area contributed by atoms with E-state index in [2.05, 4.69) is 15.5 Å². The molecule has 1 N–H and O–H groups in total. The van der Waals surface area contributed by atoms with E-state index in [1.807, 2.05) is 13.0 Å². The van der Waals surface area contributed by atoms with E-state index in [0.29, 0.717) is 21.6 Å². The molecule has 0 radical (unpaired) electrons. The van der Waals surface area contributed by atoms with Crippen molar-refractivity contribution < 1.29 is 9.18 Å². The Morgan fingerprint density at radius 2 is 2.03 bits per heavy atom. The Kier molecular flexibility index (Phi) is 5.56. The predicted octanol–water partition coefficient (Wildman–Crippen LogP) is 3.71. The molecule has 30 heavy (non-hydrogen) atoms. The summed E-state index contributed by atoms with van der Waals surface area (Å²) < 4.78 is 16.3. The van der Waals surface area contributed by atoms with Crippen LogP contribution in [-0.2, 0) is 4.79 Å². The van der Waals surface area contributed by atoms with Gasteiger partial charge in [-0.1, -0.05) is 35.5 Å². The van der Waals surface area contributed by atoms with Gasteiger partial charge in [0.2, 0.25) is 11.6 Å². The molecule has 0 fully saturated rings. The summed E-state index contributed by atoms with van der Waals surface area (Å²) in [6, 6.07) is 11.0. The smallest absolute Gasteiger partial charge is 0.300 e. The fourth-order valence-electron chi connectivity index (χ4n) is 2.83. The normalized spacial score (nSPS) is 11.0. The molecule has 4 aromatic rings. The zero-order valence-corrected chi connectivity index (χ0v) is 17.2. The van der Waals surface area contributed by atoms with Gasteiger partial charge in [-0.15, -0.1) is 10.2 Å². The number of thioether (sulfide) groups is 1. The molecule has 2 aromatic carbocycles. The first-order valence-electron chi connectivity index (χ1n) is 8.83. The Bertz CT molecular complexity index is 1320. The van der Waals surface area contributed by atoms with Gasteiger partial charge in [0.1, 0.15) is 5.82 Å². The van der Waals surface area contributed by atoms with Gasteiger partial charge in [0.05, 0.1) is 22.2 Å². The maximum atomic E-state index is 13.5. The van der Waals surface area contributed by atoms with E-state index in [1.54, 1.807) is 24.4 Å². The molecule has 0 unspecified atom stereocenters. The lowest BCUT2D eigenvalue weighted by Gasteiger charge is -2.08. The summed E-state index contributed by atoms with van der Waals surface area (Å²) in [4.78, 5) is 25.0. The van der Waals surface area contributed by atoms with Gasteiger partial charge in [-0.25, -0.2) is 4.39 Å². The van der Waals surface area contributed by atoms with Crippen LogP contribution in [0.3, 0.4) is 0 Å². The van der Waals surface area contributed by atoms with Crippen molar-refractivity contribution in [3.05, 3.63) is 81.6 Å². The van der Waals surface area contributed by atoms with Gasteiger partial charge in [0, 0.05) is 12.4 Å². The third-order valence-corrected chi connectivity index (χ3v) is 5.51. The number of fused-ring (bicyclic) bond motifs is 1. The van der Waals surface area contributed by atoms with E-state index in [4.69, 9.17) is 11.6 Å². The monoisotopic (exact) mass is 443 g/mol. The summed E-state index contributed by atoms with van der Waals surface area (Å²) in [6.45, 7) is 1.91. The van der Waals surface area contributed by atoms with Crippen molar-refractivity contribution in [2.75, 3.05) is 11.1 Å². The lowest BCUT2D eigenvalue weighted by atomic mass is 10.2.